The first-order valence-electron chi connectivity index (χ1n) is 5.79. The predicted octanol–water partition coefficient (Wildman–Crippen LogP) is 2.30. The third kappa shape index (κ3) is 1.48. The van der Waals surface area contributed by atoms with Crippen LogP contribution in [0.4, 0.5) is 0 Å². The van der Waals surface area contributed by atoms with Gasteiger partial charge in [0.2, 0.25) is 4.96 Å². The van der Waals surface area contributed by atoms with Gasteiger partial charge >= 0.3 is 0 Å². The highest BCUT2D eigenvalue weighted by Gasteiger charge is 2.25. The van der Waals surface area contributed by atoms with E-state index >= 15 is 0 Å². The van der Waals surface area contributed by atoms with Crippen LogP contribution >= 0.6 is 11.3 Å². The molecule has 0 saturated carbocycles. The number of furan rings is 1. The summed E-state index contributed by atoms with van der Waals surface area (Å²) in [6, 6.07) is 3.73. The Kier molecular flexibility index (Phi) is 2.21. The maximum atomic E-state index is 5.62. The highest BCUT2D eigenvalue weighted by molar-refractivity contribution is 7.19. The summed E-state index contributed by atoms with van der Waals surface area (Å²) in [7, 11) is 0. The molecule has 0 amide bonds. The van der Waals surface area contributed by atoms with Gasteiger partial charge in [-0.2, -0.15) is 4.52 Å². The Balaban J connectivity index is 1.81. The number of hydrogen-bond acceptors (Lipinski definition) is 6. The summed E-state index contributed by atoms with van der Waals surface area (Å²) in [5.74, 6) is 1.54. The molecule has 1 aliphatic heterocycles. The summed E-state index contributed by atoms with van der Waals surface area (Å²) < 4.78 is 12.7. The first-order valence-corrected chi connectivity index (χ1v) is 6.61. The Bertz CT molecular complexity index is 666. The molecule has 3 aromatic heterocycles. The molecule has 18 heavy (non-hydrogen) atoms. The van der Waals surface area contributed by atoms with Gasteiger partial charge in [0.15, 0.2) is 16.6 Å². The van der Waals surface area contributed by atoms with E-state index in [9.17, 15) is 0 Å². The van der Waals surface area contributed by atoms with Crippen molar-refractivity contribution < 1.29 is 9.15 Å². The van der Waals surface area contributed by atoms with Crippen LogP contribution in [0.1, 0.15) is 24.8 Å². The highest BCUT2D eigenvalue weighted by Crippen LogP contribution is 2.30. The third-order valence-corrected chi connectivity index (χ3v) is 3.88. The third-order valence-electron chi connectivity index (χ3n) is 2.96. The van der Waals surface area contributed by atoms with E-state index in [1.54, 1.807) is 10.8 Å². The predicted molar refractivity (Wildman–Crippen MR) is 64.3 cm³/mol. The molecule has 0 spiro atoms. The van der Waals surface area contributed by atoms with Crippen molar-refractivity contribution in [3.05, 3.63) is 24.2 Å². The molecule has 1 aliphatic rings. The van der Waals surface area contributed by atoms with Crippen LogP contribution in [0.25, 0.3) is 15.7 Å². The summed E-state index contributed by atoms with van der Waals surface area (Å²) in [6.07, 6.45) is 3.70. The van der Waals surface area contributed by atoms with Gasteiger partial charge in [-0.1, -0.05) is 11.3 Å². The SMILES string of the molecule is c1coc(-c2nn3c([C@@H]4CCCO4)nnc3s2)c1. The molecule has 0 radical (unpaired) electrons. The lowest BCUT2D eigenvalue weighted by Gasteiger charge is -2.03. The van der Waals surface area contributed by atoms with Crippen LogP contribution in [0.15, 0.2) is 22.8 Å². The van der Waals surface area contributed by atoms with E-state index < -0.39 is 0 Å². The average molecular weight is 262 g/mol. The van der Waals surface area contributed by atoms with Crippen LogP contribution in [-0.4, -0.2) is 26.4 Å². The monoisotopic (exact) mass is 262 g/mol. The number of fused-ring (bicyclic) bond motifs is 1. The summed E-state index contributed by atoms with van der Waals surface area (Å²) in [6.45, 7) is 0.786. The number of hydrogen-bond donors (Lipinski definition) is 0. The van der Waals surface area contributed by atoms with Gasteiger partial charge in [-0.25, -0.2) is 0 Å². The summed E-state index contributed by atoms with van der Waals surface area (Å²) in [5.41, 5.74) is 0. The number of nitrogens with zero attached hydrogens (tertiary/aromatic N) is 4. The van der Waals surface area contributed by atoms with E-state index in [1.165, 1.54) is 11.3 Å². The zero-order valence-electron chi connectivity index (χ0n) is 9.44. The Morgan fingerprint density at radius 2 is 2.39 bits per heavy atom. The van der Waals surface area contributed by atoms with Gasteiger partial charge in [-0.05, 0) is 25.0 Å². The highest BCUT2D eigenvalue weighted by atomic mass is 32.1. The second kappa shape index (κ2) is 3.89. The Hall–Kier alpha value is -1.73. The zero-order chi connectivity index (χ0) is 11.9. The van der Waals surface area contributed by atoms with Crippen molar-refractivity contribution in [2.75, 3.05) is 6.61 Å². The Morgan fingerprint density at radius 3 is 3.17 bits per heavy atom. The van der Waals surface area contributed by atoms with E-state index in [0.717, 1.165) is 41.0 Å². The van der Waals surface area contributed by atoms with Crippen LogP contribution in [0.3, 0.4) is 0 Å². The van der Waals surface area contributed by atoms with Gasteiger partial charge in [0.1, 0.15) is 6.10 Å². The van der Waals surface area contributed by atoms with Gasteiger partial charge in [0.05, 0.1) is 6.26 Å². The van der Waals surface area contributed by atoms with Gasteiger partial charge in [-0.3, -0.25) is 0 Å². The van der Waals surface area contributed by atoms with Crippen LogP contribution in [0.5, 0.6) is 0 Å². The molecule has 0 bridgehead atoms. The van der Waals surface area contributed by atoms with Crippen LogP contribution in [0.2, 0.25) is 0 Å². The molecule has 0 unspecified atom stereocenters. The second-order valence-electron chi connectivity index (χ2n) is 4.14. The van der Waals surface area contributed by atoms with E-state index in [1.807, 2.05) is 12.1 Å². The van der Waals surface area contributed by atoms with Crippen LogP contribution in [-0.2, 0) is 4.74 Å². The van der Waals surface area contributed by atoms with Crippen molar-refractivity contribution >= 4 is 16.3 Å². The molecule has 4 rings (SSSR count). The number of ether oxygens (including phenoxy) is 1. The van der Waals surface area contributed by atoms with E-state index in [0.29, 0.717) is 0 Å². The fourth-order valence-corrected chi connectivity index (χ4v) is 2.93. The lowest BCUT2D eigenvalue weighted by molar-refractivity contribution is 0.103. The smallest absolute Gasteiger partial charge is 0.235 e. The minimum absolute atomic E-state index is 0.0200. The van der Waals surface area contributed by atoms with E-state index in [4.69, 9.17) is 9.15 Å². The minimum Gasteiger partial charge on any atom is -0.462 e. The molecule has 0 N–H and O–H groups in total. The lowest BCUT2D eigenvalue weighted by Crippen LogP contribution is -2.03. The Morgan fingerprint density at radius 1 is 1.39 bits per heavy atom. The molecule has 7 heteroatoms. The molecular formula is C11H10N4O2S. The van der Waals surface area contributed by atoms with Gasteiger partial charge in [0.25, 0.3) is 0 Å². The molecule has 6 nitrogen and oxygen atoms in total. The summed E-state index contributed by atoms with van der Waals surface area (Å²) in [4.78, 5) is 0.770. The first kappa shape index (κ1) is 10.2. The van der Waals surface area contributed by atoms with Crippen molar-refractivity contribution in [1.82, 2.24) is 19.8 Å². The summed E-state index contributed by atoms with van der Waals surface area (Å²) >= 11 is 1.46. The fraction of sp³-hybridized carbons (Fsp3) is 0.364. The first-order chi connectivity index (χ1) is 8.92. The van der Waals surface area contributed by atoms with Gasteiger partial charge < -0.3 is 9.15 Å². The van der Waals surface area contributed by atoms with Crippen molar-refractivity contribution in [3.8, 4) is 10.8 Å². The zero-order valence-corrected chi connectivity index (χ0v) is 10.3. The average Bonchev–Trinajstić information content (AvgIpc) is 3.13. The maximum absolute atomic E-state index is 5.62. The quantitative estimate of drug-likeness (QED) is 0.709. The minimum atomic E-state index is 0.0200. The standard InChI is InChI=1S/C11H10N4O2S/c1-3-7(16-5-1)9-12-13-11-15(9)14-10(18-11)8-4-2-6-17-8/h2,4,6-7H,1,3,5H2/t7-/m0/s1. The van der Waals surface area contributed by atoms with Gasteiger partial charge in [0, 0.05) is 6.61 Å². The second-order valence-corrected chi connectivity index (χ2v) is 5.09. The lowest BCUT2D eigenvalue weighted by atomic mass is 10.2. The molecule has 0 aromatic carbocycles. The molecule has 4 heterocycles. The van der Waals surface area contributed by atoms with Crippen LogP contribution in [0, 0.1) is 0 Å². The van der Waals surface area contributed by atoms with Crippen molar-refractivity contribution in [2.24, 2.45) is 0 Å². The van der Waals surface area contributed by atoms with Gasteiger partial charge in [-0.15, -0.1) is 15.3 Å². The molecule has 3 aromatic rings. The Labute approximate surface area is 106 Å². The molecule has 1 atom stereocenters. The normalized spacial score (nSPS) is 19.9. The number of aromatic nitrogens is 4. The van der Waals surface area contributed by atoms with E-state index in [-0.39, 0.29) is 6.10 Å². The topological polar surface area (TPSA) is 65.5 Å². The van der Waals surface area contributed by atoms with Crippen molar-refractivity contribution in [1.29, 1.82) is 0 Å². The van der Waals surface area contributed by atoms with Crippen molar-refractivity contribution in [3.63, 3.8) is 0 Å². The van der Waals surface area contributed by atoms with Crippen molar-refractivity contribution in [2.45, 2.75) is 18.9 Å². The number of rotatable bonds is 2. The molecule has 1 fully saturated rings. The largest absolute Gasteiger partial charge is 0.462 e. The fourth-order valence-electron chi connectivity index (χ4n) is 2.11. The summed E-state index contributed by atoms with van der Waals surface area (Å²) in [5, 5.41) is 13.6. The van der Waals surface area contributed by atoms with Crippen LogP contribution < -0.4 is 0 Å². The molecule has 0 aliphatic carbocycles. The maximum Gasteiger partial charge on any atom is 0.235 e. The van der Waals surface area contributed by atoms with E-state index in [2.05, 4.69) is 15.3 Å². The molecule has 1 saturated heterocycles. The molecular weight excluding hydrogens is 252 g/mol. The molecule has 92 valence electrons.